The minimum atomic E-state index is -0.0948. The Labute approximate surface area is 120 Å². The van der Waals surface area contributed by atoms with Gasteiger partial charge in [-0.15, -0.1) is 0 Å². The number of hydrogen-bond acceptors (Lipinski definition) is 4. The van der Waals surface area contributed by atoms with Crippen LogP contribution in [0.2, 0.25) is 0 Å². The summed E-state index contributed by atoms with van der Waals surface area (Å²) in [6.07, 6.45) is 1.88. The van der Waals surface area contributed by atoms with Crippen molar-refractivity contribution in [2.75, 3.05) is 24.6 Å². The standard InChI is InChI=1S/C16H20N2O2/c1-3-20-16(19)14-5-4-8-18(11-14)15-7-6-13(10-17)12(2)9-15/h6-7,9,14H,3-5,8,11H2,1-2H3. The Hall–Kier alpha value is -2.02. The second-order valence-corrected chi connectivity index (χ2v) is 5.15. The molecule has 0 aliphatic carbocycles. The van der Waals surface area contributed by atoms with Gasteiger partial charge in [-0.2, -0.15) is 5.26 Å². The van der Waals surface area contributed by atoms with E-state index in [-0.39, 0.29) is 11.9 Å². The van der Waals surface area contributed by atoms with Crippen molar-refractivity contribution in [2.45, 2.75) is 26.7 Å². The van der Waals surface area contributed by atoms with Crippen LogP contribution in [0.25, 0.3) is 0 Å². The Morgan fingerprint density at radius 2 is 2.35 bits per heavy atom. The molecule has 1 saturated heterocycles. The highest BCUT2D eigenvalue weighted by atomic mass is 16.5. The van der Waals surface area contributed by atoms with Gasteiger partial charge in [0.05, 0.1) is 24.2 Å². The Balaban J connectivity index is 2.11. The summed E-state index contributed by atoms with van der Waals surface area (Å²) >= 11 is 0. The fourth-order valence-electron chi connectivity index (χ4n) is 2.63. The molecule has 1 fully saturated rings. The molecule has 0 bridgehead atoms. The lowest BCUT2D eigenvalue weighted by molar-refractivity contribution is -0.148. The quantitative estimate of drug-likeness (QED) is 0.794. The molecule has 1 aliphatic rings. The zero-order chi connectivity index (χ0) is 14.5. The van der Waals surface area contributed by atoms with Gasteiger partial charge < -0.3 is 9.64 Å². The largest absolute Gasteiger partial charge is 0.466 e. The number of nitrogens with zero attached hydrogens (tertiary/aromatic N) is 2. The summed E-state index contributed by atoms with van der Waals surface area (Å²) in [7, 11) is 0. The molecule has 106 valence electrons. The zero-order valence-corrected chi connectivity index (χ0v) is 12.1. The third-order valence-electron chi connectivity index (χ3n) is 3.74. The molecule has 1 aromatic carbocycles. The maximum Gasteiger partial charge on any atom is 0.310 e. The number of carbonyl (C=O) groups excluding carboxylic acids is 1. The second-order valence-electron chi connectivity index (χ2n) is 5.15. The summed E-state index contributed by atoms with van der Waals surface area (Å²) < 4.78 is 5.12. The molecule has 1 unspecified atom stereocenters. The number of benzene rings is 1. The van der Waals surface area contributed by atoms with Crippen molar-refractivity contribution in [2.24, 2.45) is 5.92 Å². The Bertz CT molecular complexity index is 534. The molecule has 0 N–H and O–H groups in total. The molecule has 0 spiro atoms. The van der Waals surface area contributed by atoms with E-state index in [1.807, 2.05) is 32.0 Å². The SMILES string of the molecule is CCOC(=O)C1CCCN(c2ccc(C#N)c(C)c2)C1. The van der Waals surface area contributed by atoms with E-state index in [1.165, 1.54) is 0 Å². The molecule has 4 heteroatoms. The van der Waals surface area contributed by atoms with Crippen molar-refractivity contribution in [3.63, 3.8) is 0 Å². The molecular formula is C16H20N2O2. The lowest BCUT2D eigenvalue weighted by Gasteiger charge is -2.33. The fourth-order valence-corrected chi connectivity index (χ4v) is 2.63. The van der Waals surface area contributed by atoms with Gasteiger partial charge >= 0.3 is 5.97 Å². The molecule has 1 atom stereocenters. The fraction of sp³-hybridized carbons (Fsp3) is 0.500. The number of rotatable bonds is 3. The average Bonchev–Trinajstić information content (AvgIpc) is 2.47. The molecule has 1 aromatic rings. The minimum Gasteiger partial charge on any atom is -0.466 e. The monoisotopic (exact) mass is 272 g/mol. The van der Waals surface area contributed by atoms with E-state index in [9.17, 15) is 4.79 Å². The van der Waals surface area contributed by atoms with Crippen LogP contribution in [-0.2, 0) is 9.53 Å². The number of hydrogen-bond donors (Lipinski definition) is 0. The Morgan fingerprint density at radius 1 is 1.55 bits per heavy atom. The second kappa shape index (κ2) is 6.42. The maximum absolute atomic E-state index is 11.9. The van der Waals surface area contributed by atoms with Crippen molar-refractivity contribution in [3.05, 3.63) is 29.3 Å². The van der Waals surface area contributed by atoms with Gasteiger partial charge in [0.2, 0.25) is 0 Å². The molecule has 4 nitrogen and oxygen atoms in total. The molecule has 0 amide bonds. The summed E-state index contributed by atoms with van der Waals surface area (Å²) in [5.41, 5.74) is 2.76. The highest BCUT2D eigenvalue weighted by Crippen LogP contribution is 2.25. The lowest BCUT2D eigenvalue weighted by Crippen LogP contribution is -2.39. The smallest absolute Gasteiger partial charge is 0.310 e. The summed E-state index contributed by atoms with van der Waals surface area (Å²) in [4.78, 5) is 14.1. The van der Waals surface area contributed by atoms with Crippen molar-refractivity contribution >= 4 is 11.7 Å². The highest BCUT2D eigenvalue weighted by Gasteiger charge is 2.27. The van der Waals surface area contributed by atoms with E-state index in [0.29, 0.717) is 18.7 Å². The van der Waals surface area contributed by atoms with Crippen molar-refractivity contribution < 1.29 is 9.53 Å². The van der Waals surface area contributed by atoms with Crippen LogP contribution in [0.15, 0.2) is 18.2 Å². The van der Waals surface area contributed by atoms with Crippen LogP contribution in [-0.4, -0.2) is 25.7 Å². The van der Waals surface area contributed by atoms with Gasteiger partial charge in [0.15, 0.2) is 0 Å². The Morgan fingerprint density at radius 3 is 3.00 bits per heavy atom. The molecule has 0 saturated carbocycles. The first-order valence-electron chi connectivity index (χ1n) is 7.08. The minimum absolute atomic E-state index is 0.0420. The molecular weight excluding hydrogens is 252 g/mol. The van der Waals surface area contributed by atoms with Crippen LogP contribution in [0, 0.1) is 24.2 Å². The number of carbonyl (C=O) groups is 1. The van der Waals surface area contributed by atoms with Crippen molar-refractivity contribution in [1.82, 2.24) is 0 Å². The molecule has 20 heavy (non-hydrogen) atoms. The maximum atomic E-state index is 11.9. The first-order chi connectivity index (χ1) is 9.65. The van der Waals surface area contributed by atoms with E-state index in [2.05, 4.69) is 11.0 Å². The van der Waals surface area contributed by atoms with Gasteiger partial charge in [-0.1, -0.05) is 0 Å². The molecule has 0 radical (unpaired) electrons. The summed E-state index contributed by atoms with van der Waals surface area (Å²) in [5, 5.41) is 8.97. The van der Waals surface area contributed by atoms with E-state index in [1.54, 1.807) is 0 Å². The zero-order valence-electron chi connectivity index (χ0n) is 12.1. The highest BCUT2D eigenvalue weighted by molar-refractivity contribution is 5.73. The van der Waals surface area contributed by atoms with Crippen LogP contribution in [0.4, 0.5) is 5.69 Å². The molecule has 1 aliphatic heterocycles. The number of nitriles is 1. The normalized spacial score (nSPS) is 18.4. The molecule has 2 rings (SSSR count). The average molecular weight is 272 g/mol. The number of aryl methyl sites for hydroxylation is 1. The van der Waals surface area contributed by atoms with Crippen LogP contribution in [0.1, 0.15) is 30.9 Å². The number of esters is 1. The third-order valence-corrected chi connectivity index (χ3v) is 3.74. The summed E-state index contributed by atoms with van der Waals surface area (Å²) in [5.74, 6) is -0.137. The van der Waals surface area contributed by atoms with E-state index in [0.717, 1.165) is 30.6 Å². The van der Waals surface area contributed by atoms with Crippen LogP contribution in [0.3, 0.4) is 0 Å². The molecule has 0 aromatic heterocycles. The third kappa shape index (κ3) is 3.11. The van der Waals surface area contributed by atoms with Crippen LogP contribution < -0.4 is 4.90 Å². The Kier molecular flexibility index (Phi) is 4.62. The van der Waals surface area contributed by atoms with Gasteiger partial charge in [0.25, 0.3) is 0 Å². The predicted molar refractivity (Wildman–Crippen MR) is 77.5 cm³/mol. The number of anilines is 1. The number of ether oxygens (including phenoxy) is 1. The van der Waals surface area contributed by atoms with Crippen LogP contribution in [0.5, 0.6) is 0 Å². The van der Waals surface area contributed by atoms with Gasteiger partial charge in [-0.25, -0.2) is 0 Å². The predicted octanol–water partition coefficient (Wildman–Crippen LogP) is 2.65. The van der Waals surface area contributed by atoms with Crippen molar-refractivity contribution in [1.29, 1.82) is 5.26 Å². The first kappa shape index (κ1) is 14.4. The number of piperidine rings is 1. The lowest BCUT2D eigenvalue weighted by atomic mass is 9.97. The van der Waals surface area contributed by atoms with E-state index >= 15 is 0 Å². The van der Waals surface area contributed by atoms with Gasteiger partial charge in [0, 0.05) is 18.8 Å². The van der Waals surface area contributed by atoms with E-state index < -0.39 is 0 Å². The topological polar surface area (TPSA) is 53.3 Å². The van der Waals surface area contributed by atoms with Crippen LogP contribution >= 0.6 is 0 Å². The van der Waals surface area contributed by atoms with Gasteiger partial charge in [-0.3, -0.25) is 4.79 Å². The van der Waals surface area contributed by atoms with Gasteiger partial charge in [-0.05, 0) is 50.5 Å². The molecule has 1 heterocycles. The summed E-state index contributed by atoms with van der Waals surface area (Å²) in [6, 6.07) is 8.00. The summed E-state index contributed by atoms with van der Waals surface area (Å²) in [6.45, 7) is 5.86. The first-order valence-corrected chi connectivity index (χ1v) is 7.08. The van der Waals surface area contributed by atoms with E-state index in [4.69, 9.17) is 10.00 Å². The van der Waals surface area contributed by atoms with Crippen molar-refractivity contribution in [3.8, 4) is 6.07 Å². The van der Waals surface area contributed by atoms with Gasteiger partial charge in [0.1, 0.15) is 0 Å².